The first-order valence-corrected chi connectivity index (χ1v) is 9.35. The van der Waals surface area contributed by atoms with Crippen molar-refractivity contribution in [1.29, 1.82) is 0 Å². The maximum absolute atomic E-state index is 11.4. The number of halogens is 1. The Kier molecular flexibility index (Phi) is 6.58. The van der Waals surface area contributed by atoms with Gasteiger partial charge in [0.15, 0.2) is 11.5 Å². The van der Waals surface area contributed by atoms with Crippen LogP contribution in [0.5, 0.6) is 28.9 Å². The largest absolute Gasteiger partial charge is 0.493 e. The van der Waals surface area contributed by atoms with Gasteiger partial charge in [-0.15, -0.1) is 0 Å². The lowest BCUT2D eigenvalue weighted by molar-refractivity contribution is 0.0694. The third-order valence-corrected chi connectivity index (χ3v) is 4.50. The Labute approximate surface area is 180 Å². The van der Waals surface area contributed by atoms with Crippen molar-refractivity contribution in [2.45, 2.75) is 0 Å². The number of benzene rings is 2. The van der Waals surface area contributed by atoms with E-state index in [-0.39, 0.29) is 23.1 Å². The van der Waals surface area contributed by atoms with Crippen LogP contribution in [0.2, 0.25) is 0 Å². The van der Waals surface area contributed by atoms with E-state index >= 15 is 0 Å². The van der Waals surface area contributed by atoms with Gasteiger partial charge in [0.25, 0.3) is 0 Å². The van der Waals surface area contributed by atoms with Crippen LogP contribution in [-0.4, -0.2) is 42.4 Å². The summed E-state index contributed by atoms with van der Waals surface area (Å²) in [7, 11) is 4.55. The topological polar surface area (TPSA) is 112 Å². The van der Waals surface area contributed by atoms with E-state index in [1.807, 2.05) is 0 Å². The number of para-hydroxylation sites is 1. The van der Waals surface area contributed by atoms with Crippen LogP contribution in [0.15, 0.2) is 47.1 Å². The van der Waals surface area contributed by atoms with Gasteiger partial charge in [0, 0.05) is 17.8 Å². The summed E-state index contributed by atoms with van der Waals surface area (Å²) >= 11 is 3.32. The number of carboxylic acids is 1. The molecule has 0 aliphatic carbocycles. The van der Waals surface area contributed by atoms with E-state index in [2.05, 4.69) is 31.2 Å². The van der Waals surface area contributed by atoms with Crippen LogP contribution in [0.25, 0.3) is 0 Å². The molecule has 3 rings (SSSR count). The Morgan fingerprint density at radius 1 is 1.03 bits per heavy atom. The molecule has 1 aromatic heterocycles. The van der Waals surface area contributed by atoms with Gasteiger partial charge in [-0.05, 0) is 28.1 Å². The molecule has 0 fully saturated rings. The van der Waals surface area contributed by atoms with Crippen LogP contribution in [0, 0.1) is 0 Å². The minimum atomic E-state index is -1.11. The first kappa shape index (κ1) is 21.2. The molecular weight excluding hydrogens is 458 g/mol. The zero-order valence-electron chi connectivity index (χ0n) is 16.3. The molecule has 0 radical (unpaired) electrons. The quantitative estimate of drug-likeness (QED) is 0.485. The molecule has 30 heavy (non-hydrogen) atoms. The average molecular weight is 476 g/mol. The van der Waals surface area contributed by atoms with Gasteiger partial charge in [-0.25, -0.2) is 9.78 Å². The second kappa shape index (κ2) is 9.31. The number of nitrogens with one attached hydrogen (secondary N) is 1. The minimum Gasteiger partial charge on any atom is -0.493 e. The van der Waals surface area contributed by atoms with Crippen LogP contribution >= 0.6 is 15.9 Å². The molecule has 156 valence electrons. The zero-order chi connectivity index (χ0) is 21.7. The number of hydrogen-bond acceptors (Lipinski definition) is 8. The van der Waals surface area contributed by atoms with Crippen molar-refractivity contribution in [3.63, 3.8) is 0 Å². The third-order valence-electron chi connectivity index (χ3n) is 3.96. The summed E-state index contributed by atoms with van der Waals surface area (Å²) in [6.45, 7) is 0. The SMILES string of the molecule is COc1cc(Nc2ncc(Br)c(Oc3ccccc3C(=O)O)n2)cc(OC)c1OC. The average Bonchev–Trinajstić information content (AvgIpc) is 2.75. The molecule has 10 heteroatoms. The van der Waals surface area contributed by atoms with Gasteiger partial charge in [0.2, 0.25) is 17.6 Å². The molecule has 0 aliphatic rings. The summed E-state index contributed by atoms with van der Waals surface area (Å²) in [5.74, 6) is 0.793. The molecule has 2 aromatic carbocycles. The maximum atomic E-state index is 11.4. The van der Waals surface area contributed by atoms with Gasteiger partial charge >= 0.3 is 5.97 Å². The van der Waals surface area contributed by atoms with Crippen LogP contribution in [-0.2, 0) is 0 Å². The molecule has 1 heterocycles. The maximum Gasteiger partial charge on any atom is 0.339 e. The van der Waals surface area contributed by atoms with Crippen molar-refractivity contribution in [2.75, 3.05) is 26.6 Å². The zero-order valence-corrected chi connectivity index (χ0v) is 17.9. The number of carbonyl (C=O) groups is 1. The smallest absolute Gasteiger partial charge is 0.339 e. The molecule has 0 saturated carbocycles. The molecule has 2 N–H and O–H groups in total. The molecule has 0 amide bonds. The van der Waals surface area contributed by atoms with Crippen LogP contribution in [0.1, 0.15) is 10.4 Å². The van der Waals surface area contributed by atoms with E-state index in [9.17, 15) is 9.90 Å². The fourth-order valence-electron chi connectivity index (χ4n) is 2.60. The summed E-state index contributed by atoms with van der Waals surface area (Å²) in [6, 6.07) is 9.68. The lowest BCUT2D eigenvalue weighted by Gasteiger charge is -2.15. The van der Waals surface area contributed by atoms with Crippen molar-refractivity contribution in [3.05, 3.63) is 52.6 Å². The highest BCUT2D eigenvalue weighted by atomic mass is 79.9. The van der Waals surface area contributed by atoms with E-state index in [0.29, 0.717) is 27.4 Å². The van der Waals surface area contributed by atoms with Crippen molar-refractivity contribution in [3.8, 4) is 28.9 Å². The first-order chi connectivity index (χ1) is 14.5. The monoisotopic (exact) mass is 475 g/mol. The number of aromatic nitrogens is 2. The van der Waals surface area contributed by atoms with Gasteiger partial charge < -0.3 is 29.4 Å². The fourth-order valence-corrected chi connectivity index (χ4v) is 2.87. The number of aromatic carboxylic acids is 1. The highest BCUT2D eigenvalue weighted by molar-refractivity contribution is 9.10. The Morgan fingerprint density at radius 2 is 1.70 bits per heavy atom. The predicted molar refractivity (Wildman–Crippen MR) is 113 cm³/mol. The Bertz CT molecular complexity index is 1050. The lowest BCUT2D eigenvalue weighted by atomic mass is 10.2. The molecule has 3 aromatic rings. The van der Waals surface area contributed by atoms with Gasteiger partial charge in [0.1, 0.15) is 11.3 Å². The van der Waals surface area contributed by atoms with Gasteiger partial charge in [0.05, 0.1) is 32.0 Å². The lowest BCUT2D eigenvalue weighted by Crippen LogP contribution is -2.03. The number of methoxy groups -OCH3 is 3. The Hall–Kier alpha value is -3.53. The summed E-state index contributed by atoms with van der Waals surface area (Å²) in [4.78, 5) is 19.9. The normalized spacial score (nSPS) is 10.3. The van der Waals surface area contributed by atoms with Crippen molar-refractivity contribution in [2.24, 2.45) is 0 Å². The number of carboxylic acid groups (broad SMARTS) is 1. The summed E-state index contributed by atoms with van der Waals surface area (Å²) in [6.07, 6.45) is 1.49. The van der Waals surface area contributed by atoms with Crippen molar-refractivity contribution in [1.82, 2.24) is 9.97 Å². The number of rotatable bonds is 8. The van der Waals surface area contributed by atoms with E-state index in [1.165, 1.54) is 33.6 Å². The number of anilines is 2. The summed E-state index contributed by atoms with van der Waals surface area (Å²) in [5.41, 5.74) is 0.603. The van der Waals surface area contributed by atoms with Gasteiger partial charge in [-0.1, -0.05) is 12.1 Å². The van der Waals surface area contributed by atoms with Crippen LogP contribution < -0.4 is 24.3 Å². The van der Waals surface area contributed by atoms with Crippen LogP contribution in [0.4, 0.5) is 11.6 Å². The van der Waals surface area contributed by atoms with E-state index in [1.54, 1.807) is 30.3 Å². The molecule has 0 bridgehead atoms. The highest BCUT2D eigenvalue weighted by Crippen LogP contribution is 2.40. The van der Waals surface area contributed by atoms with Crippen LogP contribution in [0.3, 0.4) is 0 Å². The molecule has 0 aliphatic heterocycles. The number of nitrogens with zero attached hydrogens (tertiary/aromatic N) is 2. The van der Waals surface area contributed by atoms with E-state index in [0.717, 1.165) is 0 Å². The highest BCUT2D eigenvalue weighted by Gasteiger charge is 2.16. The van der Waals surface area contributed by atoms with Gasteiger partial charge in [-0.2, -0.15) is 4.98 Å². The minimum absolute atomic E-state index is 0.0159. The predicted octanol–water partition coefficient (Wildman–Crippen LogP) is 4.50. The molecule has 0 saturated heterocycles. The molecule has 0 spiro atoms. The first-order valence-electron chi connectivity index (χ1n) is 8.56. The summed E-state index contributed by atoms with van der Waals surface area (Å²) < 4.78 is 22.2. The molecule has 9 nitrogen and oxygen atoms in total. The fraction of sp³-hybridized carbons (Fsp3) is 0.150. The molecule has 0 atom stereocenters. The van der Waals surface area contributed by atoms with E-state index in [4.69, 9.17) is 18.9 Å². The molecular formula is C20H18BrN3O6. The summed E-state index contributed by atoms with van der Waals surface area (Å²) in [5, 5.41) is 12.4. The second-order valence-corrected chi connectivity index (χ2v) is 6.64. The number of ether oxygens (including phenoxy) is 4. The number of hydrogen-bond donors (Lipinski definition) is 2. The Balaban J connectivity index is 1.92. The van der Waals surface area contributed by atoms with Gasteiger partial charge in [-0.3, -0.25) is 0 Å². The van der Waals surface area contributed by atoms with E-state index < -0.39 is 5.97 Å². The third kappa shape index (κ3) is 4.54. The Morgan fingerprint density at radius 3 is 2.30 bits per heavy atom. The molecule has 0 unspecified atom stereocenters. The van der Waals surface area contributed by atoms with Crippen molar-refractivity contribution >= 4 is 33.5 Å². The standard InChI is InChI=1S/C20H18BrN3O6/c1-27-15-8-11(9-16(28-2)17(15)29-3)23-20-22-10-13(21)18(24-20)30-14-7-5-4-6-12(14)19(25)26/h4-10H,1-3H3,(H,25,26)(H,22,23,24). The van der Waals surface area contributed by atoms with Crippen molar-refractivity contribution < 1.29 is 28.8 Å². The second-order valence-electron chi connectivity index (χ2n) is 5.79.